The molecule has 1 atom stereocenters. The first-order valence-electron chi connectivity index (χ1n) is 5.64. The third-order valence-corrected chi connectivity index (χ3v) is 2.63. The van der Waals surface area contributed by atoms with Crippen molar-refractivity contribution >= 4 is 0 Å². The lowest BCUT2D eigenvalue weighted by atomic mass is 10.1. The lowest BCUT2D eigenvalue weighted by Gasteiger charge is -2.10. The molecule has 0 radical (unpaired) electrons. The van der Waals surface area contributed by atoms with Crippen LogP contribution in [0.4, 0.5) is 8.78 Å². The number of halogens is 2. The minimum Gasteiger partial charge on any atom is -0.394 e. The summed E-state index contributed by atoms with van der Waals surface area (Å²) in [6.45, 7) is -0.627. The van der Waals surface area contributed by atoms with E-state index in [0.29, 0.717) is 0 Å². The van der Waals surface area contributed by atoms with Crippen LogP contribution in [0.1, 0.15) is 5.69 Å². The minimum atomic E-state index is -1.10. The van der Waals surface area contributed by atoms with Crippen LogP contribution in [0.2, 0.25) is 0 Å². The van der Waals surface area contributed by atoms with Gasteiger partial charge in [-0.05, 0) is 18.2 Å². The number of aromatic nitrogens is 3. The Kier molecular flexibility index (Phi) is 4.02. The van der Waals surface area contributed by atoms with E-state index in [0.717, 1.165) is 16.8 Å². The molecule has 0 fully saturated rings. The zero-order valence-electron chi connectivity index (χ0n) is 10.2. The van der Waals surface area contributed by atoms with E-state index >= 15 is 0 Å². The van der Waals surface area contributed by atoms with Gasteiger partial charge in [0.25, 0.3) is 0 Å². The van der Waals surface area contributed by atoms with Crippen LogP contribution >= 0.6 is 0 Å². The monoisotopic (exact) mass is 280 g/mol. The number of aliphatic hydroxyl groups excluding tert-OH is 2. The Balaban J connectivity index is 2.50. The number of rotatable bonds is 4. The normalized spacial score (nSPS) is 12.2. The molecular weight excluding hydrogens is 270 g/mol. The Bertz CT molecular complexity index is 666. The van der Waals surface area contributed by atoms with Gasteiger partial charge in [-0.25, -0.2) is 13.5 Å². The van der Waals surface area contributed by atoms with Crippen LogP contribution in [0.3, 0.4) is 0 Å². The average molecular weight is 280 g/mol. The van der Waals surface area contributed by atoms with Crippen molar-refractivity contribution in [2.45, 2.75) is 12.6 Å². The van der Waals surface area contributed by atoms with Crippen LogP contribution in [0, 0.1) is 23.0 Å². The molecule has 0 saturated carbocycles. The topological polar surface area (TPSA) is 95.0 Å². The zero-order chi connectivity index (χ0) is 14.7. The molecule has 0 spiro atoms. The van der Waals surface area contributed by atoms with E-state index < -0.39 is 24.3 Å². The van der Waals surface area contributed by atoms with E-state index in [1.165, 1.54) is 6.07 Å². The molecule has 1 heterocycles. The number of hydrogen-bond donors (Lipinski definition) is 2. The van der Waals surface area contributed by atoms with Crippen LogP contribution < -0.4 is 0 Å². The molecular formula is C12H10F2N4O2. The summed E-state index contributed by atoms with van der Waals surface area (Å²) in [5, 5.41) is 34.4. The molecule has 6 nitrogen and oxygen atoms in total. The highest BCUT2D eigenvalue weighted by molar-refractivity contribution is 5.64. The minimum absolute atomic E-state index is 0.0823. The first-order valence-corrected chi connectivity index (χ1v) is 5.64. The van der Waals surface area contributed by atoms with Crippen LogP contribution in [-0.2, 0) is 6.54 Å². The van der Waals surface area contributed by atoms with Crippen molar-refractivity contribution in [3.8, 4) is 17.3 Å². The SMILES string of the molecule is N#Cc1nnn(CC(O)CO)c1-c1ccc(F)c(F)c1. The predicted molar refractivity (Wildman–Crippen MR) is 63.2 cm³/mol. The van der Waals surface area contributed by atoms with Crippen molar-refractivity contribution in [2.75, 3.05) is 6.61 Å². The highest BCUT2D eigenvalue weighted by Gasteiger charge is 2.18. The van der Waals surface area contributed by atoms with Gasteiger partial charge < -0.3 is 10.2 Å². The molecule has 0 bridgehead atoms. The van der Waals surface area contributed by atoms with Crippen molar-refractivity contribution in [3.63, 3.8) is 0 Å². The van der Waals surface area contributed by atoms with Gasteiger partial charge in [-0.2, -0.15) is 5.26 Å². The fourth-order valence-corrected chi connectivity index (χ4v) is 1.70. The van der Waals surface area contributed by atoms with Gasteiger partial charge >= 0.3 is 0 Å². The van der Waals surface area contributed by atoms with Crippen LogP contribution in [0.15, 0.2) is 18.2 Å². The van der Waals surface area contributed by atoms with E-state index in [9.17, 15) is 13.9 Å². The molecule has 0 aliphatic carbocycles. The van der Waals surface area contributed by atoms with Gasteiger partial charge in [0.15, 0.2) is 17.3 Å². The third-order valence-electron chi connectivity index (χ3n) is 2.63. The van der Waals surface area contributed by atoms with Crippen LogP contribution in [-0.4, -0.2) is 37.9 Å². The van der Waals surface area contributed by atoms with Crippen molar-refractivity contribution in [3.05, 3.63) is 35.5 Å². The number of benzene rings is 1. The van der Waals surface area contributed by atoms with Gasteiger partial charge in [-0.15, -0.1) is 5.10 Å². The molecule has 2 aromatic rings. The first-order chi connectivity index (χ1) is 9.56. The van der Waals surface area contributed by atoms with E-state index in [1.807, 2.05) is 0 Å². The highest BCUT2D eigenvalue weighted by atomic mass is 19.2. The number of hydrogen-bond acceptors (Lipinski definition) is 5. The van der Waals surface area contributed by atoms with Crippen molar-refractivity contribution < 1.29 is 19.0 Å². The lowest BCUT2D eigenvalue weighted by Crippen LogP contribution is -2.21. The van der Waals surface area contributed by atoms with Gasteiger partial charge in [0.2, 0.25) is 0 Å². The fourth-order valence-electron chi connectivity index (χ4n) is 1.70. The third kappa shape index (κ3) is 2.64. The number of aliphatic hydroxyl groups is 2. The van der Waals surface area contributed by atoms with E-state index in [1.54, 1.807) is 6.07 Å². The smallest absolute Gasteiger partial charge is 0.190 e. The molecule has 0 amide bonds. The summed E-state index contributed by atoms with van der Waals surface area (Å²) in [7, 11) is 0. The zero-order valence-corrected chi connectivity index (χ0v) is 10.2. The Hall–Kier alpha value is -2.37. The van der Waals surface area contributed by atoms with E-state index in [2.05, 4.69) is 10.3 Å². The summed E-state index contributed by atoms with van der Waals surface area (Å²) in [4.78, 5) is 0. The molecule has 20 heavy (non-hydrogen) atoms. The summed E-state index contributed by atoms with van der Waals surface area (Å²) in [6, 6.07) is 4.90. The lowest BCUT2D eigenvalue weighted by molar-refractivity contribution is 0.0782. The molecule has 2 rings (SSSR count). The van der Waals surface area contributed by atoms with Crippen molar-refractivity contribution in [1.29, 1.82) is 5.26 Å². The maximum atomic E-state index is 13.3. The molecule has 1 unspecified atom stereocenters. The second kappa shape index (κ2) is 5.73. The van der Waals surface area contributed by atoms with Crippen LogP contribution in [0.25, 0.3) is 11.3 Å². The molecule has 0 aliphatic heterocycles. The predicted octanol–water partition coefficient (Wildman–Crippen LogP) is 0.448. The summed E-state index contributed by atoms with van der Waals surface area (Å²) in [5.41, 5.74) is 0.274. The molecule has 104 valence electrons. The second-order valence-electron chi connectivity index (χ2n) is 4.05. The average Bonchev–Trinajstić information content (AvgIpc) is 2.84. The van der Waals surface area contributed by atoms with Gasteiger partial charge in [-0.1, -0.05) is 5.21 Å². The second-order valence-corrected chi connectivity index (χ2v) is 4.05. The molecule has 1 aromatic carbocycles. The van der Waals surface area contributed by atoms with Crippen LogP contribution in [0.5, 0.6) is 0 Å². The van der Waals surface area contributed by atoms with Gasteiger partial charge in [-0.3, -0.25) is 0 Å². The molecule has 1 aromatic heterocycles. The molecule has 0 saturated heterocycles. The maximum Gasteiger partial charge on any atom is 0.190 e. The quantitative estimate of drug-likeness (QED) is 0.847. The Morgan fingerprint density at radius 3 is 2.70 bits per heavy atom. The van der Waals surface area contributed by atoms with Gasteiger partial charge in [0.05, 0.1) is 19.3 Å². The largest absolute Gasteiger partial charge is 0.394 e. The molecule has 0 aliphatic rings. The Morgan fingerprint density at radius 2 is 2.10 bits per heavy atom. The summed E-state index contributed by atoms with van der Waals surface area (Å²) < 4.78 is 27.4. The maximum absolute atomic E-state index is 13.3. The molecule has 8 heteroatoms. The molecule has 2 N–H and O–H groups in total. The van der Waals surface area contributed by atoms with Gasteiger partial charge in [0, 0.05) is 5.56 Å². The van der Waals surface area contributed by atoms with Gasteiger partial charge in [0.1, 0.15) is 11.8 Å². The summed E-state index contributed by atoms with van der Waals surface area (Å²) in [6.07, 6.45) is -1.10. The number of nitrogens with zero attached hydrogens (tertiary/aromatic N) is 4. The van der Waals surface area contributed by atoms with E-state index in [4.69, 9.17) is 10.4 Å². The first kappa shape index (κ1) is 14.0. The van der Waals surface area contributed by atoms with Crippen molar-refractivity contribution in [1.82, 2.24) is 15.0 Å². The summed E-state index contributed by atoms with van der Waals surface area (Å²) >= 11 is 0. The Labute approximate surface area is 112 Å². The number of nitriles is 1. The highest BCUT2D eigenvalue weighted by Crippen LogP contribution is 2.24. The standard InChI is InChI=1S/C12H10F2N4O2/c13-9-2-1-7(3-10(9)14)12-11(4-15)16-17-18(12)5-8(20)6-19/h1-3,8,19-20H,5-6H2. The van der Waals surface area contributed by atoms with E-state index in [-0.39, 0.29) is 23.5 Å². The van der Waals surface area contributed by atoms with Crippen molar-refractivity contribution in [2.24, 2.45) is 0 Å². The Morgan fingerprint density at radius 1 is 1.35 bits per heavy atom. The summed E-state index contributed by atoms with van der Waals surface area (Å²) in [5.74, 6) is -2.08. The fraction of sp³-hybridized carbons (Fsp3) is 0.250.